The van der Waals surface area contributed by atoms with Crippen molar-refractivity contribution in [2.45, 2.75) is 26.1 Å². The molecule has 84 valence electrons. The molecule has 0 radical (unpaired) electrons. The Balaban J connectivity index is 2.68. The number of ether oxygens (including phenoxy) is 1. The molecule has 0 aromatic heterocycles. The summed E-state index contributed by atoms with van der Waals surface area (Å²) in [5, 5.41) is 10.4. The Kier molecular flexibility index (Phi) is 5.06. The van der Waals surface area contributed by atoms with Crippen LogP contribution in [0.5, 0.6) is 0 Å². The van der Waals surface area contributed by atoms with Gasteiger partial charge in [0.15, 0.2) is 0 Å². The molecule has 0 saturated heterocycles. The van der Waals surface area contributed by atoms with Crippen LogP contribution in [0.25, 0.3) is 0 Å². The van der Waals surface area contributed by atoms with E-state index in [-0.39, 0.29) is 12.7 Å². The van der Waals surface area contributed by atoms with Crippen LogP contribution in [0.3, 0.4) is 0 Å². The van der Waals surface area contributed by atoms with Crippen LogP contribution in [0.15, 0.2) is 22.7 Å². The van der Waals surface area contributed by atoms with E-state index >= 15 is 0 Å². The Bertz CT molecular complexity index is 308. The van der Waals surface area contributed by atoms with Crippen molar-refractivity contribution in [3.05, 3.63) is 33.3 Å². The summed E-state index contributed by atoms with van der Waals surface area (Å²) >= 11 is 9.20. The van der Waals surface area contributed by atoms with E-state index < -0.39 is 6.10 Å². The first-order valence-electron chi connectivity index (χ1n) is 4.74. The molecule has 1 aromatic carbocycles. The fourth-order valence-corrected chi connectivity index (χ4v) is 2.03. The van der Waals surface area contributed by atoms with E-state index in [1.807, 2.05) is 19.9 Å². The van der Waals surface area contributed by atoms with Gasteiger partial charge in [0.1, 0.15) is 6.10 Å². The summed E-state index contributed by atoms with van der Waals surface area (Å²) in [5.41, 5.74) is 0.759. The molecule has 1 unspecified atom stereocenters. The molecule has 0 bridgehead atoms. The van der Waals surface area contributed by atoms with E-state index in [9.17, 15) is 5.11 Å². The predicted octanol–water partition coefficient (Wildman–Crippen LogP) is 3.56. The molecule has 1 aromatic rings. The molecule has 1 N–H and O–H groups in total. The Labute approximate surface area is 103 Å². The third kappa shape index (κ3) is 4.51. The summed E-state index contributed by atoms with van der Waals surface area (Å²) < 4.78 is 6.18. The first-order chi connectivity index (χ1) is 6.99. The average molecular weight is 294 g/mol. The van der Waals surface area contributed by atoms with Crippen molar-refractivity contribution in [1.82, 2.24) is 0 Å². The van der Waals surface area contributed by atoms with Gasteiger partial charge < -0.3 is 9.84 Å². The summed E-state index contributed by atoms with van der Waals surface area (Å²) in [6.07, 6.45) is -0.523. The molecular weight excluding hydrogens is 279 g/mol. The maximum absolute atomic E-state index is 9.81. The summed E-state index contributed by atoms with van der Waals surface area (Å²) in [6, 6.07) is 5.35. The van der Waals surface area contributed by atoms with Crippen molar-refractivity contribution >= 4 is 27.5 Å². The van der Waals surface area contributed by atoms with Gasteiger partial charge in [-0.1, -0.05) is 27.5 Å². The Morgan fingerprint density at radius 3 is 2.60 bits per heavy atom. The first kappa shape index (κ1) is 13.0. The second-order valence-corrected chi connectivity index (χ2v) is 4.95. The molecule has 2 nitrogen and oxygen atoms in total. The molecule has 1 atom stereocenters. The molecule has 4 heteroatoms. The van der Waals surface area contributed by atoms with Crippen LogP contribution in [0.1, 0.15) is 25.5 Å². The van der Waals surface area contributed by atoms with E-state index in [4.69, 9.17) is 16.3 Å². The molecule has 0 aliphatic carbocycles. The lowest BCUT2D eigenvalue weighted by Gasteiger charge is -2.14. The minimum atomic E-state index is -0.637. The van der Waals surface area contributed by atoms with Gasteiger partial charge in [0.2, 0.25) is 0 Å². The number of aliphatic hydroxyl groups excluding tert-OH is 1. The molecule has 0 fully saturated rings. The van der Waals surface area contributed by atoms with E-state index in [2.05, 4.69) is 15.9 Å². The fourth-order valence-electron chi connectivity index (χ4n) is 1.15. The standard InChI is InChI=1S/C11H14BrClO2/c1-7(2)15-6-11(14)8-3-9(12)5-10(13)4-8/h3-5,7,11,14H,6H2,1-2H3. The van der Waals surface area contributed by atoms with Crippen molar-refractivity contribution in [2.24, 2.45) is 0 Å². The summed E-state index contributed by atoms with van der Waals surface area (Å²) in [4.78, 5) is 0. The highest BCUT2D eigenvalue weighted by Crippen LogP contribution is 2.24. The minimum Gasteiger partial charge on any atom is -0.386 e. The van der Waals surface area contributed by atoms with E-state index in [1.165, 1.54) is 0 Å². The average Bonchev–Trinajstić information content (AvgIpc) is 2.12. The monoisotopic (exact) mass is 292 g/mol. The molecule has 0 spiro atoms. The zero-order valence-corrected chi connectivity index (χ0v) is 11.0. The summed E-state index contributed by atoms with van der Waals surface area (Å²) in [6.45, 7) is 4.14. The number of aliphatic hydroxyl groups is 1. The van der Waals surface area contributed by atoms with E-state index in [0.717, 1.165) is 10.0 Å². The smallest absolute Gasteiger partial charge is 0.102 e. The van der Waals surface area contributed by atoms with Gasteiger partial charge in [0.05, 0.1) is 12.7 Å². The molecular formula is C11H14BrClO2. The quantitative estimate of drug-likeness (QED) is 0.920. The van der Waals surface area contributed by atoms with Crippen molar-refractivity contribution in [3.8, 4) is 0 Å². The van der Waals surface area contributed by atoms with Crippen LogP contribution < -0.4 is 0 Å². The van der Waals surface area contributed by atoms with Crippen LogP contribution in [0.4, 0.5) is 0 Å². The lowest BCUT2D eigenvalue weighted by molar-refractivity contribution is 0.00491. The highest BCUT2D eigenvalue weighted by Gasteiger charge is 2.10. The van der Waals surface area contributed by atoms with Crippen LogP contribution >= 0.6 is 27.5 Å². The first-order valence-corrected chi connectivity index (χ1v) is 5.92. The Morgan fingerprint density at radius 1 is 1.40 bits per heavy atom. The van der Waals surface area contributed by atoms with Crippen molar-refractivity contribution in [1.29, 1.82) is 0 Å². The van der Waals surface area contributed by atoms with Crippen LogP contribution in [0.2, 0.25) is 5.02 Å². The zero-order valence-electron chi connectivity index (χ0n) is 8.71. The van der Waals surface area contributed by atoms with Crippen molar-refractivity contribution < 1.29 is 9.84 Å². The molecule has 0 heterocycles. The molecule has 1 rings (SSSR count). The van der Waals surface area contributed by atoms with Gasteiger partial charge >= 0.3 is 0 Å². The zero-order chi connectivity index (χ0) is 11.4. The van der Waals surface area contributed by atoms with Gasteiger partial charge in [-0.25, -0.2) is 0 Å². The molecule has 0 aliphatic rings. The molecule has 15 heavy (non-hydrogen) atoms. The van der Waals surface area contributed by atoms with Gasteiger partial charge in [-0.05, 0) is 37.6 Å². The lowest BCUT2D eigenvalue weighted by Crippen LogP contribution is -2.11. The summed E-state index contributed by atoms with van der Waals surface area (Å²) in [5.74, 6) is 0. The third-order valence-corrected chi connectivity index (χ3v) is 2.53. The molecule has 0 saturated carbocycles. The van der Waals surface area contributed by atoms with Crippen LogP contribution in [-0.2, 0) is 4.74 Å². The lowest BCUT2D eigenvalue weighted by atomic mass is 10.1. The maximum Gasteiger partial charge on any atom is 0.102 e. The van der Waals surface area contributed by atoms with E-state index in [1.54, 1.807) is 12.1 Å². The largest absolute Gasteiger partial charge is 0.386 e. The highest BCUT2D eigenvalue weighted by molar-refractivity contribution is 9.10. The second kappa shape index (κ2) is 5.85. The van der Waals surface area contributed by atoms with Gasteiger partial charge in [-0.15, -0.1) is 0 Å². The number of halogens is 2. The number of benzene rings is 1. The van der Waals surface area contributed by atoms with Gasteiger partial charge in [-0.2, -0.15) is 0 Å². The fraction of sp³-hybridized carbons (Fsp3) is 0.455. The van der Waals surface area contributed by atoms with Gasteiger partial charge in [-0.3, -0.25) is 0 Å². The number of hydrogen-bond donors (Lipinski definition) is 1. The van der Waals surface area contributed by atoms with E-state index in [0.29, 0.717) is 5.02 Å². The normalized spacial score (nSPS) is 13.2. The topological polar surface area (TPSA) is 29.5 Å². The van der Waals surface area contributed by atoms with Gasteiger partial charge in [0.25, 0.3) is 0 Å². The molecule has 0 amide bonds. The molecule has 0 aliphatic heterocycles. The van der Waals surface area contributed by atoms with Crippen molar-refractivity contribution in [2.75, 3.05) is 6.61 Å². The Hall–Kier alpha value is -0.0900. The third-order valence-electron chi connectivity index (χ3n) is 1.86. The van der Waals surface area contributed by atoms with Crippen LogP contribution in [0, 0.1) is 0 Å². The minimum absolute atomic E-state index is 0.113. The van der Waals surface area contributed by atoms with Gasteiger partial charge in [0, 0.05) is 9.50 Å². The highest BCUT2D eigenvalue weighted by atomic mass is 79.9. The predicted molar refractivity (Wildman–Crippen MR) is 65.2 cm³/mol. The Morgan fingerprint density at radius 2 is 2.07 bits per heavy atom. The van der Waals surface area contributed by atoms with Crippen LogP contribution in [-0.4, -0.2) is 17.8 Å². The number of rotatable bonds is 4. The maximum atomic E-state index is 9.81. The SMILES string of the molecule is CC(C)OCC(O)c1cc(Cl)cc(Br)c1. The second-order valence-electron chi connectivity index (χ2n) is 3.60. The summed E-state index contributed by atoms with van der Waals surface area (Å²) in [7, 11) is 0. The van der Waals surface area contributed by atoms with Crippen molar-refractivity contribution in [3.63, 3.8) is 0 Å². The number of hydrogen-bond acceptors (Lipinski definition) is 2.